The summed E-state index contributed by atoms with van der Waals surface area (Å²) in [7, 11) is 0. The molecule has 0 radical (unpaired) electrons. The van der Waals surface area contributed by atoms with E-state index in [1.165, 1.54) is 6.20 Å². The lowest BCUT2D eigenvalue weighted by Gasteiger charge is -2.41. The number of piperidine rings is 1. The fourth-order valence-electron chi connectivity index (χ4n) is 5.23. The number of nitrogen functional groups attached to an aromatic ring is 1. The maximum Gasteiger partial charge on any atom is 0.418 e. The number of nitrogens with one attached hydrogen (secondary N) is 2. The van der Waals surface area contributed by atoms with Gasteiger partial charge in [0.1, 0.15) is 22.8 Å². The van der Waals surface area contributed by atoms with E-state index < -0.39 is 71.0 Å². The van der Waals surface area contributed by atoms with Crippen LogP contribution in [-0.2, 0) is 10.9 Å². The lowest BCUT2D eigenvalue weighted by atomic mass is 9.89. The molecule has 0 bridgehead atoms. The molecule has 2 fully saturated rings. The van der Waals surface area contributed by atoms with Gasteiger partial charge >= 0.3 is 12.3 Å². The lowest BCUT2D eigenvalue weighted by Crippen LogP contribution is -2.56. The molecule has 47 heavy (non-hydrogen) atoms. The maximum atomic E-state index is 13.9. The summed E-state index contributed by atoms with van der Waals surface area (Å²) in [5.41, 5.74) is 2.51. The van der Waals surface area contributed by atoms with E-state index in [1.807, 2.05) is 11.8 Å². The van der Waals surface area contributed by atoms with Crippen molar-refractivity contribution in [1.29, 1.82) is 0 Å². The summed E-state index contributed by atoms with van der Waals surface area (Å²) in [6.07, 6.45) is -1.90. The molecule has 3 aromatic heterocycles. The number of aromatic nitrogens is 4. The number of halogens is 5. The summed E-state index contributed by atoms with van der Waals surface area (Å²) in [4.78, 5) is 45.1. The fourth-order valence-corrected chi connectivity index (χ4v) is 5.23. The number of alkyl carbamates (subject to hydrolysis) is 1. The Balaban J connectivity index is 1.36. The third-order valence-corrected chi connectivity index (χ3v) is 7.64. The first-order valence-electron chi connectivity index (χ1n) is 14.7. The second-order valence-electron chi connectivity index (χ2n) is 12.8. The number of hydrogen-bond donors (Lipinski definition) is 3. The predicted octanol–water partition coefficient (Wildman–Crippen LogP) is 5.13. The molecule has 2 aliphatic heterocycles. The number of anilines is 4. The molecule has 12 nitrogen and oxygen atoms in total. The molecule has 4 N–H and O–H groups in total. The highest BCUT2D eigenvalue weighted by Crippen LogP contribution is 2.39. The molecule has 0 unspecified atom stereocenters. The second kappa shape index (κ2) is 12.1. The lowest BCUT2D eigenvalue weighted by molar-refractivity contribution is -0.137. The van der Waals surface area contributed by atoms with E-state index in [0.717, 1.165) is 23.2 Å². The van der Waals surface area contributed by atoms with E-state index in [2.05, 4.69) is 30.6 Å². The number of hydrogen-bond acceptors (Lipinski definition) is 10. The predicted molar refractivity (Wildman–Crippen MR) is 163 cm³/mol. The number of carbonyl (C=O) groups excluding carboxylic acids is 2. The van der Waals surface area contributed by atoms with Crippen molar-refractivity contribution < 1.29 is 36.3 Å². The van der Waals surface area contributed by atoms with E-state index in [1.54, 1.807) is 32.9 Å². The summed E-state index contributed by atoms with van der Waals surface area (Å²) in [6.45, 7) is 6.83. The first kappa shape index (κ1) is 33.5. The Morgan fingerprint density at radius 3 is 2.30 bits per heavy atom. The van der Waals surface area contributed by atoms with Crippen molar-refractivity contribution in [2.24, 2.45) is 0 Å². The number of nitrogens with two attached hydrogens (primary N) is 1. The van der Waals surface area contributed by atoms with Crippen LogP contribution in [0.5, 0.6) is 0 Å². The van der Waals surface area contributed by atoms with Crippen molar-refractivity contribution in [3.8, 4) is 11.4 Å². The van der Waals surface area contributed by atoms with Crippen molar-refractivity contribution in [3.05, 3.63) is 47.9 Å². The highest BCUT2D eigenvalue weighted by Gasteiger charge is 2.45. The summed E-state index contributed by atoms with van der Waals surface area (Å²) in [6, 6.07) is 5.14. The van der Waals surface area contributed by atoms with E-state index in [9.17, 15) is 31.5 Å². The van der Waals surface area contributed by atoms with Crippen LogP contribution >= 0.6 is 0 Å². The fraction of sp³-hybridized carbons (Fsp3) is 0.467. The number of rotatable bonds is 6. The Hall–Kier alpha value is -4.83. The van der Waals surface area contributed by atoms with Crippen LogP contribution in [0.1, 0.15) is 56.6 Å². The van der Waals surface area contributed by atoms with E-state index in [4.69, 9.17) is 10.5 Å². The molecular weight excluding hydrogens is 629 g/mol. The van der Waals surface area contributed by atoms with Crippen molar-refractivity contribution >= 4 is 35.1 Å². The molecule has 0 spiro atoms. The van der Waals surface area contributed by atoms with E-state index in [0.29, 0.717) is 31.6 Å². The Kier molecular flexibility index (Phi) is 8.62. The van der Waals surface area contributed by atoms with Gasteiger partial charge in [-0.15, -0.1) is 0 Å². The van der Waals surface area contributed by atoms with Gasteiger partial charge in [0.2, 0.25) is 0 Å². The minimum atomic E-state index is -4.87. The molecule has 2 saturated heterocycles. The van der Waals surface area contributed by atoms with Gasteiger partial charge in [-0.1, -0.05) is 0 Å². The second-order valence-corrected chi connectivity index (χ2v) is 12.8. The minimum Gasteiger partial charge on any atom is -0.444 e. The van der Waals surface area contributed by atoms with Crippen molar-refractivity contribution in [2.75, 3.05) is 47.0 Å². The summed E-state index contributed by atoms with van der Waals surface area (Å²) in [5.74, 6) is -4.20. The Morgan fingerprint density at radius 2 is 1.68 bits per heavy atom. The molecule has 0 atom stereocenters. The van der Waals surface area contributed by atoms with Gasteiger partial charge in [-0.05, 0) is 64.8 Å². The zero-order chi connectivity index (χ0) is 34.4. The number of carbonyl (C=O) groups is 2. The summed E-state index contributed by atoms with van der Waals surface area (Å²) in [5, 5.41) is 5.56. The number of ether oxygens (including phenoxy) is 1. The van der Waals surface area contributed by atoms with Crippen LogP contribution in [0.15, 0.2) is 36.7 Å². The van der Waals surface area contributed by atoms with E-state index >= 15 is 0 Å². The van der Waals surface area contributed by atoms with Crippen LogP contribution in [0, 0.1) is 0 Å². The topological polar surface area (TPSA) is 151 Å². The maximum absolute atomic E-state index is 13.9. The average molecular weight is 664 g/mol. The molecular formula is C30H34F5N9O3. The van der Waals surface area contributed by atoms with Gasteiger partial charge in [0.15, 0.2) is 17.3 Å². The minimum absolute atomic E-state index is 0.111. The van der Waals surface area contributed by atoms with Gasteiger partial charge in [-0.25, -0.2) is 33.5 Å². The highest BCUT2D eigenvalue weighted by molar-refractivity contribution is 6.06. The van der Waals surface area contributed by atoms with Crippen LogP contribution < -0.4 is 26.2 Å². The van der Waals surface area contributed by atoms with Crippen molar-refractivity contribution in [2.45, 2.75) is 63.8 Å². The standard InChI is InChI=1S/C30H34F5N9O3/c1-27(2,3)47-26(46)42-28(4)9-12-43(13-10-28)19-6-5-11-37-24(19)41-25(45)22-23(36)38-14-18(39-22)21-17(30(33,34)35)7-8-20(40-21)44-15-29(31,32)16-44/h5-8,11,14H,9-10,12-13,15-16H2,1-4H3,(H2,36,38)(H,42,46)(H,37,41,45). The van der Waals surface area contributed by atoms with Gasteiger partial charge in [-0.2, -0.15) is 13.2 Å². The van der Waals surface area contributed by atoms with Gasteiger partial charge in [0.25, 0.3) is 11.8 Å². The first-order chi connectivity index (χ1) is 21.8. The molecule has 0 saturated carbocycles. The number of amides is 2. The Morgan fingerprint density at radius 1 is 1.00 bits per heavy atom. The molecule has 5 rings (SSSR count). The molecule has 2 aliphatic rings. The zero-order valence-corrected chi connectivity index (χ0v) is 26.1. The number of nitrogens with zero attached hydrogens (tertiary/aromatic N) is 6. The monoisotopic (exact) mass is 663 g/mol. The van der Waals surface area contributed by atoms with Crippen LogP contribution in [-0.4, -0.2) is 75.2 Å². The van der Waals surface area contributed by atoms with Crippen LogP contribution in [0.4, 0.5) is 49.9 Å². The molecule has 0 aromatic carbocycles. The highest BCUT2D eigenvalue weighted by atomic mass is 19.4. The number of pyridine rings is 2. The quantitative estimate of drug-likeness (QED) is 0.303. The van der Waals surface area contributed by atoms with E-state index in [-0.39, 0.29) is 17.5 Å². The third-order valence-electron chi connectivity index (χ3n) is 7.64. The summed E-state index contributed by atoms with van der Waals surface area (Å²) >= 11 is 0. The van der Waals surface area contributed by atoms with Gasteiger partial charge in [-0.3, -0.25) is 4.79 Å². The molecule has 0 aliphatic carbocycles. The Labute approximate surface area is 266 Å². The largest absolute Gasteiger partial charge is 0.444 e. The average Bonchev–Trinajstić information content (AvgIpc) is 2.95. The van der Waals surface area contributed by atoms with Crippen LogP contribution in [0.3, 0.4) is 0 Å². The third kappa shape index (κ3) is 7.77. The van der Waals surface area contributed by atoms with Crippen LogP contribution in [0.2, 0.25) is 0 Å². The van der Waals surface area contributed by atoms with Gasteiger partial charge in [0, 0.05) is 24.8 Å². The zero-order valence-electron chi connectivity index (χ0n) is 26.1. The normalized spacial score (nSPS) is 17.5. The van der Waals surface area contributed by atoms with Gasteiger partial charge < -0.3 is 30.9 Å². The van der Waals surface area contributed by atoms with Crippen LogP contribution in [0.25, 0.3) is 11.4 Å². The molecule has 5 heterocycles. The SMILES string of the molecule is CC1(NC(=O)OC(C)(C)C)CCN(c2cccnc2NC(=O)c2nc(-c3nc(N4CC(F)(F)C4)ccc3C(F)(F)F)cnc2N)CC1. The first-order valence-corrected chi connectivity index (χ1v) is 14.7. The Bertz CT molecular complexity index is 1660. The smallest absolute Gasteiger partial charge is 0.418 e. The van der Waals surface area contributed by atoms with Crippen molar-refractivity contribution in [1.82, 2.24) is 25.3 Å². The van der Waals surface area contributed by atoms with Gasteiger partial charge in [0.05, 0.1) is 30.5 Å². The number of alkyl halides is 5. The molecule has 252 valence electrons. The van der Waals surface area contributed by atoms with Crippen molar-refractivity contribution in [3.63, 3.8) is 0 Å². The molecule has 17 heteroatoms. The summed E-state index contributed by atoms with van der Waals surface area (Å²) < 4.78 is 74.1. The molecule has 2 amide bonds. The molecule has 3 aromatic rings.